The molecule has 5 nitrogen and oxygen atoms in total. The van der Waals surface area contributed by atoms with Gasteiger partial charge in [0.25, 0.3) is 0 Å². The minimum Gasteiger partial charge on any atom is -0.493 e. The topological polar surface area (TPSA) is 50.8 Å². The minimum absolute atomic E-state index is 0.138. The quantitative estimate of drug-likeness (QED) is 0.899. The zero-order chi connectivity index (χ0) is 17.9. The first-order valence-electron chi connectivity index (χ1n) is 8.51. The number of carbonyl (C=O) groups excluding carboxylic acids is 1. The molecule has 0 unspecified atom stereocenters. The Labute approximate surface area is 145 Å². The summed E-state index contributed by atoms with van der Waals surface area (Å²) in [6.07, 6.45) is 0.844. The van der Waals surface area contributed by atoms with Gasteiger partial charge < -0.3 is 19.7 Å². The zero-order valence-electron chi connectivity index (χ0n) is 15.7. The number of nitrogens with zero attached hydrogens (tertiary/aromatic N) is 1. The number of ether oxygens (including phenoxy) is 2. The summed E-state index contributed by atoms with van der Waals surface area (Å²) in [5.74, 6) is 1.60. The number of nitrogens with one attached hydrogen (secondary N) is 1. The van der Waals surface area contributed by atoms with Crippen LogP contribution >= 0.6 is 0 Å². The normalized spacial score (nSPS) is 15.7. The fourth-order valence-corrected chi connectivity index (χ4v) is 2.75. The Hall–Kier alpha value is -1.75. The molecule has 0 radical (unpaired) electrons. The highest BCUT2D eigenvalue weighted by atomic mass is 16.5. The summed E-state index contributed by atoms with van der Waals surface area (Å²) in [7, 11) is 3.28. The summed E-state index contributed by atoms with van der Waals surface area (Å²) in [5, 5.41) is 3.35. The summed E-state index contributed by atoms with van der Waals surface area (Å²) in [6.45, 7) is 10.4. The van der Waals surface area contributed by atoms with Crippen molar-refractivity contribution < 1.29 is 14.3 Å². The van der Waals surface area contributed by atoms with E-state index in [1.165, 1.54) is 5.56 Å². The number of benzene rings is 1. The molecule has 1 heterocycles. The number of hydrogen-bond acceptors (Lipinski definition) is 4. The van der Waals surface area contributed by atoms with E-state index < -0.39 is 0 Å². The van der Waals surface area contributed by atoms with Crippen molar-refractivity contribution in [3.05, 3.63) is 23.3 Å². The SMILES string of the molecule is COc1cc2c(cc1OC)CN(C(=O)CN[C@H](C)C(C)(C)C)CC2. The van der Waals surface area contributed by atoms with Gasteiger partial charge in [-0.05, 0) is 42.0 Å². The molecule has 1 aliphatic heterocycles. The van der Waals surface area contributed by atoms with Gasteiger partial charge in [0.2, 0.25) is 5.91 Å². The van der Waals surface area contributed by atoms with E-state index in [0.717, 1.165) is 24.3 Å². The van der Waals surface area contributed by atoms with Crippen molar-refractivity contribution in [2.45, 2.75) is 46.7 Å². The van der Waals surface area contributed by atoms with Crippen molar-refractivity contribution in [3.8, 4) is 11.5 Å². The number of fused-ring (bicyclic) bond motifs is 1. The smallest absolute Gasteiger partial charge is 0.236 e. The molecule has 0 saturated carbocycles. The molecule has 24 heavy (non-hydrogen) atoms. The number of amides is 1. The van der Waals surface area contributed by atoms with Gasteiger partial charge in [-0.1, -0.05) is 20.8 Å². The van der Waals surface area contributed by atoms with E-state index in [1.807, 2.05) is 17.0 Å². The molecule has 1 N–H and O–H groups in total. The van der Waals surface area contributed by atoms with Crippen LogP contribution in [0.15, 0.2) is 12.1 Å². The van der Waals surface area contributed by atoms with Crippen LogP contribution in [0.4, 0.5) is 0 Å². The van der Waals surface area contributed by atoms with E-state index >= 15 is 0 Å². The van der Waals surface area contributed by atoms with Crippen LogP contribution in [0.5, 0.6) is 11.5 Å². The molecular weight excluding hydrogens is 304 g/mol. The average molecular weight is 334 g/mol. The van der Waals surface area contributed by atoms with Gasteiger partial charge in [-0.3, -0.25) is 4.79 Å². The largest absolute Gasteiger partial charge is 0.493 e. The van der Waals surface area contributed by atoms with E-state index in [0.29, 0.717) is 18.8 Å². The van der Waals surface area contributed by atoms with Gasteiger partial charge in [0.05, 0.1) is 20.8 Å². The summed E-state index contributed by atoms with van der Waals surface area (Å²) in [5.41, 5.74) is 2.50. The lowest BCUT2D eigenvalue weighted by Gasteiger charge is -2.32. The van der Waals surface area contributed by atoms with Crippen LogP contribution < -0.4 is 14.8 Å². The van der Waals surface area contributed by atoms with Crippen LogP contribution in [0, 0.1) is 5.41 Å². The van der Waals surface area contributed by atoms with Gasteiger partial charge >= 0.3 is 0 Å². The molecule has 1 aliphatic rings. The first-order valence-corrected chi connectivity index (χ1v) is 8.51. The van der Waals surface area contributed by atoms with E-state index in [1.54, 1.807) is 14.2 Å². The number of hydrogen-bond donors (Lipinski definition) is 1. The second-order valence-corrected chi connectivity index (χ2v) is 7.51. The van der Waals surface area contributed by atoms with Crippen LogP contribution in [0.1, 0.15) is 38.8 Å². The first-order chi connectivity index (χ1) is 11.3. The molecule has 0 aliphatic carbocycles. The van der Waals surface area contributed by atoms with Gasteiger partial charge in [0, 0.05) is 19.1 Å². The van der Waals surface area contributed by atoms with E-state index in [2.05, 4.69) is 33.0 Å². The third-order valence-corrected chi connectivity index (χ3v) is 4.93. The molecule has 1 aromatic rings. The van der Waals surface area contributed by atoms with Crippen LogP contribution in [0.2, 0.25) is 0 Å². The van der Waals surface area contributed by atoms with Gasteiger partial charge in [0.15, 0.2) is 11.5 Å². The van der Waals surface area contributed by atoms with E-state index in [9.17, 15) is 4.79 Å². The van der Waals surface area contributed by atoms with Gasteiger partial charge in [-0.15, -0.1) is 0 Å². The van der Waals surface area contributed by atoms with Crippen LogP contribution in [0.3, 0.4) is 0 Å². The summed E-state index contributed by atoms with van der Waals surface area (Å²) in [6, 6.07) is 4.29. The minimum atomic E-state index is 0.138. The van der Waals surface area contributed by atoms with Gasteiger partial charge in [-0.2, -0.15) is 0 Å². The van der Waals surface area contributed by atoms with E-state index in [4.69, 9.17) is 9.47 Å². The number of methoxy groups -OCH3 is 2. The Morgan fingerprint density at radius 1 is 1.21 bits per heavy atom. The standard InChI is InChI=1S/C19H30N2O3/c1-13(19(2,3)4)20-11-18(22)21-8-7-14-9-16(23-5)17(24-6)10-15(14)12-21/h9-10,13,20H,7-8,11-12H2,1-6H3/t13-/m1/s1. The lowest BCUT2D eigenvalue weighted by Crippen LogP contribution is -2.46. The van der Waals surface area contributed by atoms with Crippen LogP contribution in [0.25, 0.3) is 0 Å². The van der Waals surface area contributed by atoms with Crippen LogP contribution in [-0.4, -0.2) is 44.2 Å². The molecule has 0 aromatic heterocycles. The highest BCUT2D eigenvalue weighted by molar-refractivity contribution is 5.78. The Kier molecular flexibility index (Phi) is 5.75. The van der Waals surface area contributed by atoms with Crippen molar-refractivity contribution in [2.24, 2.45) is 5.41 Å². The third-order valence-electron chi connectivity index (χ3n) is 4.93. The van der Waals surface area contributed by atoms with Crippen LogP contribution in [-0.2, 0) is 17.8 Å². The first kappa shape index (κ1) is 18.6. The number of carbonyl (C=O) groups is 1. The maximum Gasteiger partial charge on any atom is 0.236 e. The van der Waals surface area contributed by atoms with E-state index in [-0.39, 0.29) is 17.4 Å². The average Bonchev–Trinajstić information content (AvgIpc) is 2.56. The third kappa shape index (κ3) is 4.20. The molecule has 1 amide bonds. The Bertz CT molecular complexity index is 593. The highest BCUT2D eigenvalue weighted by Gasteiger charge is 2.25. The fourth-order valence-electron chi connectivity index (χ4n) is 2.75. The van der Waals surface area contributed by atoms with Crippen molar-refractivity contribution in [3.63, 3.8) is 0 Å². The Balaban J connectivity index is 2.03. The van der Waals surface area contributed by atoms with Crippen molar-refractivity contribution in [2.75, 3.05) is 27.3 Å². The monoisotopic (exact) mass is 334 g/mol. The van der Waals surface area contributed by atoms with Crippen molar-refractivity contribution >= 4 is 5.91 Å². The summed E-state index contributed by atoms with van der Waals surface area (Å²) < 4.78 is 10.7. The second-order valence-electron chi connectivity index (χ2n) is 7.51. The van der Waals surface area contributed by atoms with Gasteiger partial charge in [-0.25, -0.2) is 0 Å². The van der Waals surface area contributed by atoms with Crippen molar-refractivity contribution in [1.82, 2.24) is 10.2 Å². The highest BCUT2D eigenvalue weighted by Crippen LogP contribution is 2.33. The molecular formula is C19H30N2O3. The fraction of sp³-hybridized carbons (Fsp3) is 0.632. The predicted molar refractivity (Wildman–Crippen MR) is 95.6 cm³/mol. The molecule has 2 rings (SSSR count). The molecule has 0 bridgehead atoms. The summed E-state index contributed by atoms with van der Waals surface area (Å²) >= 11 is 0. The molecule has 1 atom stereocenters. The molecule has 134 valence electrons. The molecule has 0 spiro atoms. The maximum absolute atomic E-state index is 12.5. The zero-order valence-corrected chi connectivity index (χ0v) is 15.7. The van der Waals surface area contributed by atoms with Crippen molar-refractivity contribution in [1.29, 1.82) is 0 Å². The number of rotatable bonds is 5. The predicted octanol–water partition coefficient (Wildman–Crippen LogP) is 2.61. The molecule has 1 aromatic carbocycles. The lowest BCUT2D eigenvalue weighted by atomic mass is 9.88. The molecule has 0 fully saturated rings. The Morgan fingerprint density at radius 3 is 2.33 bits per heavy atom. The molecule has 0 saturated heterocycles. The van der Waals surface area contributed by atoms with Gasteiger partial charge in [0.1, 0.15) is 0 Å². The lowest BCUT2D eigenvalue weighted by molar-refractivity contribution is -0.131. The maximum atomic E-state index is 12.5. The second kappa shape index (κ2) is 7.43. The molecule has 5 heteroatoms. The summed E-state index contributed by atoms with van der Waals surface area (Å²) in [4.78, 5) is 14.4. The Morgan fingerprint density at radius 2 is 1.79 bits per heavy atom.